The molecule has 2 atom stereocenters. The summed E-state index contributed by atoms with van der Waals surface area (Å²) in [7, 11) is 1.62. The van der Waals surface area contributed by atoms with Gasteiger partial charge in [-0.05, 0) is 37.3 Å². The molecule has 1 aromatic carbocycles. The predicted octanol–water partition coefficient (Wildman–Crippen LogP) is 3.46. The van der Waals surface area contributed by atoms with Crippen molar-refractivity contribution in [2.75, 3.05) is 13.7 Å². The normalized spacial score (nSPS) is 20.8. The van der Waals surface area contributed by atoms with Crippen LogP contribution in [0.5, 0.6) is 0 Å². The summed E-state index contributed by atoms with van der Waals surface area (Å²) in [6, 6.07) is 10.1. The molecule has 6 heteroatoms. The van der Waals surface area contributed by atoms with Crippen LogP contribution in [-0.4, -0.2) is 45.5 Å². The zero-order chi connectivity index (χ0) is 19.1. The monoisotopic (exact) mass is 374 g/mol. The number of benzene rings is 1. The Morgan fingerprint density at radius 1 is 1.21 bits per heavy atom. The topological polar surface area (TPSA) is 68.2 Å². The van der Waals surface area contributed by atoms with Crippen molar-refractivity contribution in [3.05, 3.63) is 54.1 Å². The first kappa shape index (κ1) is 17.3. The van der Waals surface area contributed by atoms with E-state index < -0.39 is 0 Å². The number of carbonyl (C=O) groups excluding carboxylic acids is 1. The lowest BCUT2D eigenvalue weighted by atomic mass is 10.0. The Morgan fingerprint density at radius 2 is 2.04 bits per heavy atom. The second kappa shape index (κ2) is 6.95. The molecule has 0 radical (unpaired) electrons. The van der Waals surface area contributed by atoms with Crippen LogP contribution in [0.15, 0.2) is 42.7 Å². The minimum atomic E-state index is 0.115. The predicted molar refractivity (Wildman–Crippen MR) is 106 cm³/mol. The summed E-state index contributed by atoms with van der Waals surface area (Å²) in [6.45, 7) is 1.25. The van der Waals surface area contributed by atoms with Gasteiger partial charge in [0.2, 0.25) is 0 Å². The number of nitrogens with zero attached hydrogens (tertiary/aromatic N) is 4. The first-order valence-electron chi connectivity index (χ1n) is 9.74. The SMILES string of the molecule is COCc1ncc(-c2cc(C(=O)N3C[C@H]4CC[C@H]3C4)c3ccccc3n2)cn1. The average Bonchev–Trinajstić information content (AvgIpc) is 3.37. The quantitative estimate of drug-likeness (QED) is 0.699. The summed E-state index contributed by atoms with van der Waals surface area (Å²) in [5.74, 6) is 1.41. The number of hydrogen-bond donors (Lipinski definition) is 0. The number of piperidine rings is 1. The molecular formula is C22H22N4O2. The summed E-state index contributed by atoms with van der Waals surface area (Å²) < 4.78 is 5.07. The molecule has 1 aliphatic heterocycles. The fourth-order valence-electron chi connectivity index (χ4n) is 4.52. The van der Waals surface area contributed by atoms with E-state index in [9.17, 15) is 4.79 Å². The lowest BCUT2D eigenvalue weighted by Gasteiger charge is -2.27. The van der Waals surface area contributed by atoms with Gasteiger partial charge in [0.25, 0.3) is 5.91 Å². The van der Waals surface area contributed by atoms with Gasteiger partial charge in [-0.3, -0.25) is 4.79 Å². The highest BCUT2D eigenvalue weighted by atomic mass is 16.5. The zero-order valence-electron chi connectivity index (χ0n) is 15.8. The fourth-order valence-corrected chi connectivity index (χ4v) is 4.52. The van der Waals surface area contributed by atoms with Gasteiger partial charge < -0.3 is 9.64 Å². The van der Waals surface area contributed by atoms with Crippen LogP contribution in [0.25, 0.3) is 22.2 Å². The van der Waals surface area contributed by atoms with Gasteiger partial charge in [0.05, 0.1) is 16.8 Å². The number of hydrogen-bond acceptors (Lipinski definition) is 5. The average molecular weight is 374 g/mol. The van der Waals surface area contributed by atoms with Gasteiger partial charge in [-0.2, -0.15) is 0 Å². The van der Waals surface area contributed by atoms with E-state index in [0.29, 0.717) is 30.0 Å². The number of amides is 1. The van der Waals surface area contributed by atoms with Crippen molar-refractivity contribution in [3.63, 3.8) is 0 Å². The Labute approximate surface area is 163 Å². The molecule has 1 saturated heterocycles. The lowest BCUT2D eigenvalue weighted by molar-refractivity contribution is 0.0705. The lowest BCUT2D eigenvalue weighted by Crippen LogP contribution is -2.37. The second-order valence-corrected chi connectivity index (χ2v) is 7.68. The van der Waals surface area contributed by atoms with E-state index >= 15 is 0 Å². The van der Waals surface area contributed by atoms with Crippen LogP contribution in [0, 0.1) is 5.92 Å². The molecule has 5 rings (SSSR count). The van der Waals surface area contributed by atoms with Gasteiger partial charge in [0.15, 0.2) is 5.82 Å². The molecule has 1 saturated carbocycles. The van der Waals surface area contributed by atoms with Gasteiger partial charge in [-0.1, -0.05) is 18.2 Å². The van der Waals surface area contributed by atoms with Crippen molar-refractivity contribution in [1.29, 1.82) is 0 Å². The van der Waals surface area contributed by atoms with E-state index in [0.717, 1.165) is 41.5 Å². The minimum Gasteiger partial charge on any atom is -0.377 e. The number of fused-ring (bicyclic) bond motifs is 3. The van der Waals surface area contributed by atoms with Gasteiger partial charge in [0.1, 0.15) is 6.61 Å². The summed E-state index contributed by atoms with van der Waals surface area (Å²) in [5, 5.41) is 0.899. The highest BCUT2D eigenvalue weighted by Crippen LogP contribution is 2.39. The zero-order valence-corrected chi connectivity index (χ0v) is 15.8. The molecule has 1 aliphatic carbocycles. The third-order valence-corrected chi connectivity index (χ3v) is 5.89. The van der Waals surface area contributed by atoms with Crippen LogP contribution in [-0.2, 0) is 11.3 Å². The van der Waals surface area contributed by atoms with Crippen LogP contribution in [0.4, 0.5) is 0 Å². The number of likely N-dealkylation sites (tertiary alicyclic amines) is 1. The molecule has 2 bridgehead atoms. The number of pyridine rings is 1. The molecule has 2 aromatic heterocycles. The smallest absolute Gasteiger partial charge is 0.254 e. The van der Waals surface area contributed by atoms with Crippen molar-refractivity contribution >= 4 is 16.8 Å². The van der Waals surface area contributed by atoms with Crippen LogP contribution < -0.4 is 0 Å². The largest absolute Gasteiger partial charge is 0.377 e. The molecule has 0 spiro atoms. The van der Waals surface area contributed by atoms with E-state index in [-0.39, 0.29) is 5.91 Å². The van der Waals surface area contributed by atoms with Crippen molar-refractivity contribution in [2.45, 2.75) is 31.9 Å². The number of carbonyl (C=O) groups is 1. The Kier molecular flexibility index (Phi) is 4.28. The number of rotatable bonds is 4. The maximum Gasteiger partial charge on any atom is 0.254 e. The molecule has 0 unspecified atom stereocenters. The standard InChI is InChI=1S/C22H22N4O2/c1-28-13-21-23-10-15(11-24-21)20-9-18(17-4-2-3-5-19(17)25-20)22(27)26-12-14-6-7-16(26)8-14/h2-5,9-11,14,16H,6-8,12-13H2,1H3/t14-,16-/m0/s1. The first-order valence-corrected chi connectivity index (χ1v) is 9.74. The minimum absolute atomic E-state index is 0.115. The maximum absolute atomic E-state index is 13.4. The molecule has 28 heavy (non-hydrogen) atoms. The van der Waals surface area contributed by atoms with Crippen LogP contribution >= 0.6 is 0 Å². The van der Waals surface area contributed by atoms with Gasteiger partial charge in [-0.15, -0.1) is 0 Å². The van der Waals surface area contributed by atoms with Crippen molar-refractivity contribution in [2.24, 2.45) is 5.92 Å². The molecule has 3 heterocycles. The molecule has 2 fully saturated rings. The number of aromatic nitrogens is 3. The van der Waals surface area contributed by atoms with E-state index in [1.165, 1.54) is 6.42 Å². The van der Waals surface area contributed by atoms with E-state index in [1.54, 1.807) is 19.5 Å². The summed E-state index contributed by atoms with van der Waals surface area (Å²) in [4.78, 5) is 28.9. The van der Waals surface area contributed by atoms with Crippen molar-refractivity contribution in [1.82, 2.24) is 19.9 Å². The Bertz CT molecular complexity index is 1030. The summed E-state index contributed by atoms with van der Waals surface area (Å²) in [6.07, 6.45) is 7.01. The Hall–Kier alpha value is -2.86. The second-order valence-electron chi connectivity index (χ2n) is 7.68. The third-order valence-electron chi connectivity index (χ3n) is 5.89. The summed E-state index contributed by atoms with van der Waals surface area (Å²) >= 11 is 0. The molecular weight excluding hydrogens is 352 g/mol. The van der Waals surface area contributed by atoms with E-state index in [2.05, 4.69) is 14.9 Å². The summed E-state index contributed by atoms with van der Waals surface area (Å²) in [5.41, 5.74) is 3.04. The highest BCUT2D eigenvalue weighted by Gasteiger charge is 2.40. The van der Waals surface area contributed by atoms with Crippen LogP contribution in [0.3, 0.4) is 0 Å². The fraction of sp³-hybridized carbons (Fsp3) is 0.364. The Morgan fingerprint density at radius 3 is 2.75 bits per heavy atom. The van der Waals surface area contributed by atoms with Gasteiger partial charge in [0, 0.05) is 43.0 Å². The number of para-hydroxylation sites is 1. The number of methoxy groups -OCH3 is 1. The molecule has 142 valence electrons. The molecule has 1 amide bonds. The number of ether oxygens (including phenoxy) is 1. The van der Waals surface area contributed by atoms with E-state index in [1.807, 2.05) is 30.3 Å². The highest BCUT2D eigenvalue weighted by molar-refractivity contribution is 6.07. The first-order chi connectivity index (χ1) is 13.7. The van der Waals surface area contributed by atoms with E-state index in [4.69, 9.17) is 9.72 Å². The van der Waals surface area contributed by atoms with Crippen molar-refractivity contribution < 1.29 is 9.53 Å². The van der Waals surface area contributed by atoms with Crippen molar-refractivity contribution in [3.8, 4) is 11.3 Å². The Balaban J connectivity index is 1.57. The van der Waals surface area contributed by atoms with Gasteiger partial charge in [-0.25, -0.2) is 15.0 Å². The molecule has 2 aliphatic rings. The molecule has 0 N–H and O–H groups in total. The van der Waals surface area contributed by atoms with Crippen LogP contribution in [0.2, 0.25) is 0 Å². The maximum atomic E-state index is 13.4. The molecule has 6 nitrogen and oxygen atoms in total. The van der Waals surface area contributed by atoms with Gasteiger partial charge >= 0.3 is 0 Å². The van der Waals surface area contributed by atoms with Crippen LogP contribution in [0.1, 0.15) is 35.4 Å². The molecule has 3 aromatic rings. The third kappa shape index (κ3) is 2.94.